The molecule has 1 fully saturated rings. The summed E-state index contributed by atoms with van der Waals surface area (Å²) < 4.78 is 4.95. The summed E-state index contributed by atoms with van der Waals surface area (Å²) in [5.41, 5.74) is 6.61. The van der Waals surface area contributed by atoms with E-state index in [4.69, 9.17) is 21.8 Å². The van der Waals surface area contributed by atoms with Crippen LogP contribution in [0.3, 0.4) is 0 Å². The normalized spacial score (nSPS) is 25.4. The minimum Gasteiger partial charge on any atom is -0.471 e. The Morgan fingerprint density at radius 2 is 2.12 bits per heavy atom. The average molecular weight is 365 g/mol. The quantitative estimate of drug-likeness (QED) is 0.385. The second-order valence-electron chi connectivity index (χ2n) is 5.77. The summed E-state index contributed by atoms with van der Waals surface area (Å²) in [7, 11) is 0. The molecule has 9 heteroatoms. The Morgan fingerprint density at radius 1 is 1.32 bits per heavy atom. The molecular weight excluding hydrogens is 348 g/mol. The van der Waals surface area contributed by atoms with E-state index in [1.54, 1.807) is 6.07 Å². The van der Waals surface area contributed by atoms with Crippen LogP contribution in [0.1, 0.15) is 17.5 Å². The van der Waals surface area contributed by atoms with E-state index in [2.05, 4.69) is 27.1 Å². The molecule has 0 aromatic carbocycles. The SMILES string of the molecule is Nc1nc(Cl)c(C#Cc2ccoc2)c(NC2CC(CO)C(O)C2O)n1. The zero-order chi connectivity index (χ0) is 18.0. The van der Waals surface area contributed by atoms with Crippen LogP contribution >= 0.6 is 11.6 Å². The van der Waals surface area contributed by atoms with Crippen molar-refractivity contribution in [3.8, 4) is 11.8 Å². The summed E-state index contributed by atoms with van der Waals surface area (Å²) in [4.78, 5) is 7.99. The molecule has 1 saturated carbocycles. The van der Waals surface area contributed by atoms with Crippen LogP contribution in [0.5, 0.6) is 0 Å². The molecule has 2 heterocycles. The Labute approximate surface area is 148 Å². The van der Waals surface area contributed by atoms with Gasteiger partial charge in [-0.1, -0.05) is 23.4 Å². The summed E-state index contributed by atoms with van der Waals surface area (Å²) in [6.07, 6.45) is 1.24. The van der Waals surface area contributed by atoms with Gasteiger partial charge in [0.15, 0.2) is 5.15 Å². The molecule has 1 aliphatic carbocycles. The second kappa shape index (κ2) is 7.29. The highest BCUT2D eigenvalue weighted by atomic mass is 35.5. The van der Waals surface area contributed by atoms with Gasteiger partial charge in [-0.2, -0.15) is 9.97 Å². The lowest BCUT2D eigenvalue weighted by Gasteiger charge is -2.19. The highest BCUT2D eigenvalue weighted by molar-refractivity contribution is 6.31. The van der Waals surface area contributed by atoms with E-state index in [9.17, 15) is 15.3 Å². The van der Waals surface area contributed by atoms with Crippen LogP contribution in [0.25, 0.3) is 0 Å². The molecule has 132 valence electrons. The van der Waals surface area contributed by atoms with Gasteiger partial charge < -0.3 is 30.8 Å². The van der Waals surface area contributed by atoms with Crippen molar-refractivity contribution in [1.29, 1.82) is 0 Å². The second-order valence-corrected chi connectivity index (χ2v) is 6.13. The Hall–Kier alpha value is -2.31. The first-order chi connectivity index (χ1) is 12.0. The Morgan fingerprint density at radius 3 is 2.76 bits per heavy atom. The van der Waals surface area contributed by atoms with Crippen molar-refractivity contribution in [2.45, 2.75) is 24.7 Å². The largest absolute Gasteiger partial charge is 0.471 e. The fraction of sp³-hybridized carbons (Fsp3) is 0.375. The van der Waals surface area contributed by atoms with Gasteiger partial charge in [0, 0.05) is 12.5 Å². The summed E-state index contributed by atoms with van der Waals surface area (Å²) in [5.74, 6) is 5.50. The van der Waals surface area contributed by atoms with Gasteiger partial charge >= 0.3 is 0 Å². The molecule has 3 rings (SSSR count). The zero-order valence-electron chi connectivity index (χ0n) is 13.1. The maximum atomic E-state index is 10.2. The number of halogens is 1. The number of nitrogen functional groups attached to an aromatic ring is 1. The standard InChI is InChI=1S/C16H17ClN4O4/c17-14-10(2-1-8-3-4-25-7-8)15(21-16(18)20-14)19-11-5-9(6-22)12(23)13(11)24/h3-4,7,9,11-13,22-24H,5-6H2,(H3,18,19,20,21). The third kappa shape index (κ3) is 3.70. The minimum atomic E-state index is -1.07. The summed E-state index contributed by atoms with van der Waals surface area (Å²) in [5, 5.41) is 32.4. The summed E-state index contributed by atoms with van der Waals surface area (Å²) >= 11 is 6.13. The number of nitrogens with zero attached hydrogens (tertiary/aromatic N) is 2. The monoisotopic (exact) mass is 364 g/mol. The third-order valence-electron chi connectivity index (χ3n) is 4.09. The van der Waals surface area contributed by atoms with E-state index in [1.165, 1.54) is 12.5 Å². The van der Waals surface area contributed by atoms with Crippen molar-refractivity contribution in [2.24, 2.45) is 5.92 Å². The number of anilines is 2. The lowest BCUT2D eigenvalue weighted by Crippen LogP contribution is -2.35. The number of nitrogens with one attached hydrogen (secondary N) is 1. The molecule has 0 spiro atoms. The number of hydrogen-bond acceptors (Lipinski definition) is 8. The van der Waals surface area contributed by atoms with Crippen LogP contribution in [0, 0.1) is 17.8 Å². The number of aliphatic hydroxyl groups is 3. The summed E-state index contributed by atoms with van der Waals surface area (Å²) in [6, 6.07) is 1.15. The van der Waals surface area contributed by atoms with E-state index in [0.717, 1.165) is 0 Å². The van der Waals surface area contributed by atoms with Crippen molar-refractivity contribution in [3.05, 3.63) is 34.9 Å². The number of rotatable bonds is 3. The van der Waals surface area contributed by atoms with E-state index >= 15 is 0 Å². The Balaban J connectivity index is 1.90. The van der Waals surface area contributed by atoms with Crippen LogP contribution < -0.4 is 11.1 Å². The van der Waals surface area contributed by atoms with Crippen LogP contribution in [0.15, 0.2) is 23.0 Å². The molecule has 4 unspecified atom stereocenters. The van der Waals surface area contributed by atoms with Gasteiger partial charge in [0.25, 0.3) is 0 Å². The maximum Gasteiger partial charge on any atom is 0.223 e. The van der Waals surface area contributed by atoms with Crippen molar-refractivity contribution >= 4 is 23.4 Å². The number of aromatic nitrogens is 2. The van der Waals surface area contributed by atoms with Gasteiger partial charge in [-0.15, -0.1) is 0 Å². The Bertz CT molecular complexity index is 802. The van der Waals surface area contributed by atoms with Crippen molar-refractivity contribution in [2.75, 3.05) is 17.7 Å². The molecule has 2 aromatic heterocycles. The fourth-order valence-electron chi connectivity index (χ4n) is 2.76. The molecule has 0 radical (unpaired) electrons. The zero-order valence-corrected chi connectivity index (χ0v) is 13.8. The summed E-state index contributed by atoms with van der Waals surface area (Å²) in [6.45, 7) is -0.226. The van der Waals surface area contributed by atoms with Crippen LogP contribution in [0.4, 0.5) is 11.8 Å². The number of hydrogen-bond donors (Lipinski definition) is 5. The van der Waals surface area contributed by atoms with E-state index < -0.39 is 24.2 Å². The first-order valence-corrected chi connectivity index (χ1v) is 7.98. The topological polar surface area (TPSA) is 138 Å². The molecule has 8 nitrogen and oxygen atoms in total. The van der Waals surface area contributed by atoms with Gasteiger partial charge in [0.05, 0.1) is 24.0 Å². The van der Waals surface area contributed by atoms with Crippen molar-refractivity contribution in [1.82, 2.24) is 9.97 Å². The first kappa shape index (κ1) is 17.5. The van der Waals surface area contributed by atoms with Gasteiger partial charge in [-0.25, -0.2) is 0 Å². The predicted molar refractivity (Wildman–Crippen MR) is 90.8 cm³/mol. The van der Waals surface area contributed by atoms with E-state index in [-0.39, 0.29) is 23.5 Å². The molecular formula is C16H17ClN4O4. The lowest BCUT2D eigenvalue weighted by molar-refractivity contribution is 0.00445. The first-order valence-electron chi connectivity index (χ1n) is 7.60. The molecule has 1 aliphatic rings. The molecule has 2 aromatic rings. The number of nitrogens with two attached hydrogens (primary N) is 1. The fourth-order valence-corrected chi connectivity index (χ4v) is 2.98. The highest BCUT2D eigenvalue weighted by Crippen LogP contribution is 2.30. The molecule has 0 aliphatic heterocycles. The van der Waals surface area contributed by atoms with Gasteiger partial charge in [0.2, 0.25) is 5.95 Å². The molecule has 0 saturated heterocycles. The van der Waals surface area contributed by atoms with Crippen molar-refractivity contribution < 1.29 is 19.7 Å². The molecule has 25 heavy (non-hydrogen) atoms. The van der Waals surface area contributed by atoms with Crippen LogP contribution in [-0.2, 0) is 0 Å². The van der Waals surface area contributed by atoms with Gasteiger partial charge in [0.1, 0.15) is 23.7 Å². The van der Waals surface area contributed by atoms with Crippen LogP contribution in [0.2, 0.25) is 5.15 Å². The maximum absolute atomic E-state index is 10.2. The average Bonchev–Trinajstić information content (AvgIpc) is 3.18. The third-order valence-corrected chi connectivity index (χ3v) is 4.37. The predicted octanol–water partition coefficient (Wildman–Crippen LogP) is 0.219. The highest BCUT2D eigenvalue weighted by Gasteiger charge is 2.41. The lowest BCUT2D eigenvalue weighted by atomic mass is 10.1. The molecule has 0 amide bonds. The number of furan rings is 1. The smallest absolute Gasteiger partial charge is 0.223 e. The van der Waals surface area contributed by atoms with E-state index in [0.29, 0.717) is 17.5 Å². The molecule has 4 atom stereocenters. The van der Waals surface area contributed by atoms with E-state index in [1.807, 2.05) is 0 Å². The number of aliphatic hydroxyl groups excluding tert-OH is 3. The van der Waals surface area contributed by atoms with Gasteiger partial charge in [-0.05, 0) is 12.5 Å². The van der Waals surface area contributed by atoms with Crippen molar-refractivity contribution in [3.63, 3.8) is 0 Å². The van der Waals surface area contributed by atoms with Gasteiger partial charge in [-0.3, -0.25) is 0 Å². The minimum absolute atomic E-state index is 0.0481. The van der Waals surface area contributed by atoms with Crippen LogP contribution in [-0.4, -0.2) is 50.1 Å². The Kier molecular flexibility index (Phi) is 5.11. The molecule has 6 N–H and O–H groups in total. The molecule has 0 bridgehead atoms.